The van der Waals surface area contributed by atoms with Crippen LogP contribution in [0.4, 0.5) is 17.1 Å². The van der Waals surface area contributed by atoms with Crippen LogP contribution in [0.3, 0.4) is 0 Å². The molecule has 5 aliphatic rings. The fourth-order valence-electron chi connectivity index (χ4n) is 10.2. The Balaban J connectivity index is 1.07. The summed E-state index contributed by atoms with van der Waals surface area (Å²) in [6, 6.07) is 23.2. The lowest BCUT2D eigenvalue weighted by atomic mass is 9.82. The molecule has 8 rings (SSSR count). The predicted molar refractivity (Wildman–Crippen MR) is 211 cm³/mol. The van der Waals surface area contributed by atoms with Crippen LogP contribution in [0.25, 0.3) is 0 Å². The van der Waals surface area contributed by atoms with Crippen molar-refractivity contribution < 1.29 is 29.0 Å². The van der Waals surface area contributed by atoms with E-state index in [4.69, 9.17) is 16.3 Å². The van der Waals surface area contributed by atoms with E-state index >= 15 is 0 Å². The first-order valence-corrected chi connectivity index (χ1v) is 22.7. The molecular formula is C41H50ClN5O6Si. The van der Waals surface area contributed by atoms with E-state index in [9.17, 15) is 24.3 Å². The number of halogens is 1. The summed E-state index contributed by atoms with van der Waals surface area (Å²) in [6.45, 7) is 8.38. The smallest absolute Gasteiger partial charge is 0.264 e. The second kappa shape index (κ2) is 14.1. The summed E-state index contributed by atoms with van der Waals surface area (Å²) < 4.78 is 6.88. The maximum atomic E-state index is 14.9. The number of para-hydroxylation sites is 1. The van der Waals surface area contributed by atoms with Crippen LogP contribution < -0.4 is 20.0 Å². The van der Waals surface area contributed by atoms with Gasteiger partial charge in [0.05, 0.1) is 44.1 Å². The zero-order valence-electron chi connectivity index (χ0n) is 31.2. The average molecular weight is 772 g/mol. The molecule has 0 aliphatic carbocycles. The number of rotatable bonds is 8. The normalized spacial score (nSPS) is 27.9. The number of aliphatic hydroxyl groups excluding tert-OH is 1. The molecule has 286 valence electrons. The van der Waals surface area contributed by atoms with Crippen molar-refractivity contribution in [1.29, 1.82) is 0 Å². The minimum atomic E-state index is -2.99. The number of carbonyl (C=O) groups excluding carboxylic acids is 3. The fourth-order valence-corrected chi connectivity index (χ4v) is 12.9. The Morgan fingerprint density at radius 2 is 1.72 bits per heavy atom. The topological polar surface area (TPSA) is 126 Å². The lowest BCUT2D eigenvalue weighted by Gasteiger charge is -2.39. The van der Waals surface area contributed by atoms with Crippen LogP contribution in [0.2, 0.25) is 23.7 Å². The molecule has 5 aliphatic heterocycles. The van der Waals surface area contributed by atoms with Crippen LogP contribution in [-0.2, 0) is 31.3 Å². The predicted octanol–water partition coefficient (Wildman–Crippen LogP) is 4.99. The molecule has 3 N–H and O–H groups in total. The van der Waals surface area contributed by atoms with Crippen LogP contribution in [0, 0.1) is 5.92 Å². The number of likely N-dealkylation sites (tertiary alicyclic amines) is 1. The number of nitrogens with one attached hydrogen (secondary N) is 1. The molecule has 0 aromatic heterocycles. The van der Waals surface area contributed by atoms with E-state index in [0.29, 0.717) is 29.5 Å². The molecule has 13 heteroatoms. The van der Waals surface area contributed by atoms with Gasteiger partial charge in [-0.05, 0) is 99.9 Å². The highest BCUT2D eigenvalue weighted by Gasteiger charge is 2.66. The summed E-state index contributed by atoms with van der Waals surface area (Å²) >= 11 is 6.60. The number of ether oxygens (including phenoxy) is 1. The fraction of sp³-hybridized carbons (Fsp3) is 0.488. The van der Waals surface area contributed by atoms with Gasteiger partial charge in [-0.2, -0.15) is 0 Å². The third-order valence-electron chi connectivity index (χ3n) is 12.8. The van der Waals surface area contributed by atoms with Gasteiger partial charge < -0.3 is 34.7 Å². The van der Waals surface area contributed by atoms with Crippen molar-refractivity contribution in [2.24, 2.45) is 5.92 Å². The lowest BCUT2D eigenvalue weighted by molar-refractivity contribution is -0.150. The minimum Gasteiger partial charge on any atom is -0.432 e. The van der Waals surface area contributed by atoms with Crippen LogP contribution in [0.5, 0.6) is 0 Å². The molecule has 5 atom stereocenters. The second-order valence-corrected chi connectivity index (χ2v) is 20.7. The molecule has 3 aromatic rings. The van der Waals surface area contributed by atoms with Gasteiger partial charge in [-0.1, -0.05) is 48.9 Å². The van der Waals surface area contributed by atoms with E-state index in [0.717, 1.165) is 55.7 Å². The number of hydrogen-bond donors (Lipinski definition) is 3. The summed E-state index contributed by atoms with van der Waals surface area (Å²) in [4.78, 5) is 62.1. The highest BCUT2D eigenvalue weighted by molar-refractivity contribution is 6.71. The molecule has 5 heterocycles. The average Bonchev–Trinajstić information content (AvgIpc) is 3.89. The standard InChI is InChI=1S/C41H50ClN5O6Si/c1-27-37(54(2,3)52)35(23-36(49)44-21-7-10-32(44)25-48)53-41(27)33-22-29(42)13-16-34(33)45(39(41)51)24-28-11-14-30(15-12-28)46-26-47(31-8-5-4-6-9-31)40(38(46)50)17-19-43-20-18-40/h4-6,8-9,11-16,22,27,32,35,37,43,48,52H,7,10,17-21,23-26H2,1-3H3/t27-,32-,35+,37-,41+/m0/s1. The van der Waals surface area contributed by atoms with Crippen molar-refractivity contribution in [3.8, 4) is 0 Å². The number of carbonyl (C=O) groups is 3. The summed E-state index contributed by atoms with van der Waals surface area (Å²) in [5.41, 5.74) is 1.59. The quantitative estimate of drug-likeness (QED) is 0.274. The molecule has 4 saturated heterocycles. The van der Waals surface area contributed by atoms with Gasteiger partial charge in [0.2, 0.25) is 5.91 Å². The van der Waals surface area contributed by atoms with E-state index in [-0.39, 0.29) is 43.3 Å². The molecule has 0 unspecified atom stereocenters. The van der Waals surface area contributed by atoms with E-state index in [2.05, 4.69) is 22.3 Å². The number of fused-ring (bicyclic) bond motifs is 2. The Bertz CT molecular complexity index is 1920. The van der Waals surface area contributed by atoms with Gasteiger partial charge in [0.15, 0.2) is 13.9 Å². The van der Waals surface area contributed by atoms with Crippen LogP contribution in [-0.4, -0.2) is 91.4 Å². The molecule has 4 fully saturated rings. The Hall–Kier alpha value is -3.78. The van der Waals surface area contributed by atoms with Crippen LogP contribution in [0.1, 0.15) is 50.2 Å². The van der Waals surface area contributed by atoms with E-state index in [1.54, 1.807) is 21.9 Å². The van der Waals surface area contributed by atoms with Crippen LogP contribution >= 0.6 is 11.6 Å². The van der Waals surface area contributed by atoms with Gasteiger partial charge in [-0.15, -0.1) is 0 Å². The Morgan fingerprint density at radius 3 is 2.41 bits per heavy atom. The third kappa shape index (κ3) is 5.97. The number of benzene rings is 3. The Labute approximate surface area is 322 Å². The van der Waals surface area contributed by atoms with Gasteiger partial charge >= 0.3 is 0 Å². The van der Waals surface area contributed by atoms with Crippen molar-refractivity contribution in [3.05, 3.63) is 88.9 Å². The number of amides is 3. The summed E-state index contributed by atoms with van der Waals surface area (Å²) in [7, 11) is -2.99. The number of anilines is 3. The molecule has 0 radical (unpaired) electrons. The van der Waals surface area contributed by atoms with Crippen molar-refractivity contribution >= 4 is 54.7 Å². The zero-order valence-corrected chi connectivity index (χ0v) is 33.0. The number of piperidine rings is 1. The summed E-state index contributed by atoms with van der Waals surface area (Å²) in [5.74, 6) is -0.718. The van der Waals surface area contributed by atoms with Crippen molar-refractivity contribution in [2.75, 3.05) is 47.6 Å². The SMILES string of the molecule is C[C@H]1[C@H]([Si](C)(C)O)[C@@H](CC(=O)N2CCC[C@H]2CO)O[C@]12C(=O)N(Cc1ccc(N3CN(c4ccccc4)C4(CCNCC4)C3=O)cc1)c1ccc(Cl)cc12. The van der Waals surface area contributed by atoms with E-state index in [1.807, 2.05) is 73.4 Å². The van der Waals surface area contributed by atoms with Crippen molar-refractivity contribution in [2.45, 2.75) is 87.5 Å². The van der Waals surface area contributed by atoms with E-state index < -0.39 is 37.0 Å². The van der Waals surface area contributed by atoms with Gasteiger partial charge in [0.25, 0.3) is 11.8 Å². The number of hydrogen-bond acceptors (Lipinski definition) is 8. The number of nitrogens with zero attached hydrogens (tertiary/aromatic N) is 4. The van der Waals surface area contributed by atoms with Crippen molar-refractivity contribution in [3.63, 3.8) is 0 Å². The largest absolute Gasteiger partial charge is 0.432 e. The zero-order chi connectivity index (χ0) is 38.0. The molecular weight excluding hydrogens is 722 g/mol. The second-order valence-electron chi connectivity index (χ2n) is 16.3. The summed E-state index contributed by atoms with van der Waals surface area (Å²) in [5, 5.41) is 13.8. The molecule has 3 aromatic carbocycles. The van der Waals surface area contributed by atoms with E-state index in [1.165, 1.54) is 0 Å². The molecule has 0 saturated carbocycles. The first-order valence-electron chi connectivity index (χ1n) is 19.3. The highest BCUT2D eigenvalue weighted by atomic mass is 35.5. The van der Waals surface area contributed by atoms with Gasteiger partial charge in [-0.25, -0.2) is 0 Å². The molecule has 11 nitrogen and oxygen atoms in total. The minimum absolute atomic E-state index is 0.0175. The van der Waals surface area contributed by atoms with Gasteiger partial charge in [0.1, 0.15) is 5.54 Å². The van der Waals surface area contributed by atoms with Gasteiger partial charge in [-0.3, -0.25) is 19.3 Å². The third-order valence-corrected chi connectivity index (χ3v) is 15.5. The molecule has 0 bridgehead atoms. The Morgan fingerprint density at radius 1 is 1.00 bits per heavy atom. The number of aliphatic hydroxyl groups is 1. The lowest BCUT2D eigenvalue weighted by Crippen LogP contribution is -2.55. The molecule has 2 spiro atoms. The Kier molecular flexibility index (Phi) is 9.67. The maximum absolute atomic E-state index is 14.9. The molecule has 3 amide bonds. The van der Waals surface area contributed by atoms with Gasteiger partial charge in [0, 0.05) is 40.0 Å². The van der Waals surface area contributed by atoms with Crippen LogP contribution in [0.15, 0.2) is 72.8 Å². The highest BCUT2D eigenvalue weighted by Crippen LogP contribution is 2.60. The molecule has 54 heavy (non-hydrogen) atoms. The van der Waals surface area contributed by atoms with Crippen molar-refractivity contribution in [1.82, 2.24) is 10.2 Å². The first kappa shape index (κ1) is 37.2. The summed E-state index contributed by atoms with van der Waals surface area (Å²) in [6.07, 6.45) is 2.36. The monoisotopic (exact) mass is 771 g/mol. The maximum Gasteiger partial charge on any atom is 0.264 e. The first-order chi connectivity index (χ1) is 25.9.